The maximum atomic E-state index is 12.9. The number of aromatic nitrogens is 3. The molecular weight excluding hydrogens is 396 g/mol. The first-order chi connectivity index (χ1) is 14.7. The topological polar surface area (TPSA) is 60.2 Å². The van der Waals surface area contributed by atoms with Crippen molar-refractivity contribution < 1.29 is 9.53 Å². The summed E-state index contributed by atoms with van der Waals surface area (Å²) in [5, 5.41) is 3.01. The molecule has 1 aliphatic rings. The number of carbonyl (C=O) groups excluding carboxylic acids is 1. The van der Waals surface area contributed by atoms with E-state index in [4.69, 9.17) is 4.74 Å². The molecule has 150 valence electrons. The zero-order valence-corrected chi connectivity index (χ0v) is 17.3. The predicted octanol–water partition coefficient (Wildman–Crippen LogP) is 4.44. The number of aryl methyl sites for hydroxylation is 1. The van der Waals surface area contributed by atoms with Crippen LogP contribution in [0.2, 0.25) is 0 Å². The number of hydrogen-bond donors (Lipinski definition) is 0. The van der Waals surface area contributed by atoms with Crippen LogP contribution in [0.1, 0.15) is 16.3 Å². The Kier molecular flexibility index (Phi) is 4.80. The fourth-order valence-electron chi connectivity index (χ4n) is 3.62. The van der Waals surface area contributed by atoms with E-state index in [2.05, 4.69) is 14.5 Å². The second kappa shape index (κ2) is 7.76. The van der Waals surface area contributed by atoms with Crippen LogP contribution in [0.15, 0.2) is 60.0 Å². The lowest BCUT2D eigenvalue weighted by atomic mass is 10.2. The highest BCUT2D eigenvalue weighted by molar-refractivity contribution is 7.09. The van der Waals surface area contributed by atoms with Crippen molar-refractivity contribution in [2.24, 2.45) is 0 Å². The van der Waals surface area contributed by atoms with Crippen LogP contribution in [-0.2, 0) is 17.9 Å². The molecule has 6 nitrogen and oxygen atoms in total. The zero-order valence-electron chi connectivity index (χ0n) is 16.5. The van der Waals surface area contributed by atoms with Crippen molar-refractivity contribution in [2.45, 2.75) is 20.1 Å². The number of carbonyl (C=O) groups is 1. The van der Waals surface area contributed by atoms with E-state index in [0.717, 1.165) is 39.6 Å². The van der Waals surface area contributed by atoms with Gasteiger partial charge in [0.25, 0.3) is 5.91 Å². The van der Waals surface area contributed by atoms with Crippen LogP contribution in [0, 0.1) is 6.92 Å². The summed E-state index contributed by atoms with van der Waals surface area (Å²) in [6, 6.07) is 15.6. The van der Waals surface area contributed by atoms with Crippen molar-refractivity contribution >= 4 is 40.3 Å². The van der Waals surface area contributed by atoms with Crippen LogP contribution in [0.4, 0.5) is 5.95 Å². The summed E-state index contributed by atoms with van der Waals surface area (Å²) in [6.45, 7) is 3.75. The molecule has 0 N–H and O–H groups in total. The Morgan fingerprint density at radius 2 is 1.97 bits per heavy atom. The molecule has 0 spiro atoms. The van der Waals surface area contributed by atoms with Gasteiger partial charge in [-0.05, 0) is 31.2 Å². The minimum Gasteiger partial charge on any atom is -0.487 e. The van der Waals surface area contributed by atoms with Gasteiger partial charge in [-0.1, -0.05) is 30.3 Å². The molecule has 7 heteroatoms. The summed E-state index contributed by atoms with van der Waals surface area (Å²) >= 11 is 1.60. The predicted molar refractivity (Wildman–Crippen MR) is 119 cm³/mol. The van der Waals surface area contributed by atoms with Gasteiger partial charge in [-0.15, -0.1) is 11.3 Å². The van der Waals surface area contributed by atoms with Crippen molar-refractivity contribution in [1.29, 1.82) is 0 Å². The van der Waals surface area contributed by atoms with Crippen LogP contribution < -0.4 is 9.64 Å². The number of hydrogen-bond acceptors (Lipinski definition) is 5. The number of rotatable bonds is 5. The van der Waals surface area contributed by atoms with Crippen molar-refractivity contribution in [3.05, 3.63) is 76.3 Å². The Hall–Kier alpha value is -3.45. The lowest BCUT2D eigenvalue weighted by Crippen LogP contribution is -2.27. The van der Waals surface area contributed by atoms with Gasteiger partial charge in [-0.25, -0.2) is 9.97 Å². The number of amides is 1. The molecule has 3 heterocycles. The molecule has 0 saturated heterocycles. The van der Waals surface area contributed by atoms with Crippen LogP contribution in [0.5, 0.6) is 5.75 Å². The lowest BCUT2D eigenvalue weighted by molar-refractivity contribution is -0.114. The quantitative estimate of drug-likeness (QED) is 0.451. The molecule has 0 bridgehead atoms. The molecule has 0 radical (unpaired) electrons. The van der Waals surface area contributed by atoms with Crippen molar-refractivity contribution in [1.82, 2.24) is 14.5 Å². The average Bonchev–Trinajstić information content (AvgIpc) is 3.46. The maximum Gasteiger partial charge on any atom is 0.253 e. The number of para-hydroxylation sites is 3. The van der Waals surface area contributed by atoms with Gasteiger partial charge >= 0.3 is 0 Å². The summed E-state index contributed by atoms with van der Waals surface area (Å²) in [5.41, 5.74) is 3.72. The molecule has 0 aliphatic carbocycles. The Bertz CT molecular complexity index is 1260. The number of fused-ring (bicyclic) bond motifs is 3. The van der Waals surface area contributed by atoms with Gasteiger partial charge in [0.1, 0.15) is 12.4 Å². The smallest absolute Gasteiger partial charge is 0.253 e. The first-order valence-electron chi connectivity index (χ1n) is 9.77. The van der Waals surface area contributed by atoms with Gasteiger partial charge in [-0.3, -0.25) is 9.69 Å². The van der Waals surface area contributed by atoms with Gasteiger partial charge in [-0.2, -0.15) is 0 Å². The third-order valence-corrected chi connectivity index (χ3v) is 5.88. The second-order valence-corrected chi connectivity index (χ2v) is 8.12. The number of imidazole rings is 1. The molecule has 1 amide bonds. The molecule has 2 aromatic heterocycles. The fraction of sp³-hybridized carbons (Fsp3) is 0.174. The van der Waals surface area contributed by atoms with Gasteiger partial charge < -0.3 is 9.30 Å². The molecule has 0 atom stereocenters. The molecule has 1 aliphatic heterocycles. The average molecular weight is 417 g/mol. The van der Waals surface area contributed by atoms with Gasteiger partial charge in [0.05, 0.1) is 21.7 Å². The number of anilines is 1. The van der Waals surface area contributed by atoms with E-state index < -0.39 is 0 Å². The Morgan fingerprint density at radius 3 is 2.83 bits per heavy atom. The number of ether oxygens (including phenoxy) is 1. The van der Waals surface area contributed by atoms with Gasteiger partial charge in [0.15, 0.2) is 0 Å². The monoisotopic (exact) mass is 416 g/mol. The van der Waals surface area contributed by atoms with Crippen molar-refractivity contribution in [3.8, 4) is 5.75 Å². The first-order valence-corrected chi connectivity index (χ1v) is 10.6. The summed E-state index contributed by atoms with van der Waals surface area (Å²) < 4.78 is 8.03. The molecule has 0 unspecified atom stereocenters. The minimum atomic E-state index is -0.0889. The van der Waals surface area contributed by atoms with Crippen molar-refractivity contribution in [2.75, 3.05) is 11.4 Å². The Morgan fingerprint density at radius 1 is 1.13 bits per heavy atom. The first kappa shape index (κ1) is 18.6. The van der Waals surface area contributed by atoms with Gasteiger partial charge in [0.2, 0.25) is 5.95 Å². The summed E-state index contributed by atoms with van der Waals surface area (Å²) in [7, 11) is 0. The normalized spacial score (nSPS) is 13.3. The van der Waals surface area contributed by atoms with Crippen LogP contribution in [0.3, 0.4) is 0 Å². The standard InChI is InChI=1S/C23H20N4O2S/c1-16-24-18(15-30-16)14-29-21-9-5-2-6-17(21)10-11-22(28)27-13-12-26-20-8-4-3-7-19(20)25-23(26)27/h2-11,15H,12-14H2,1H3. The van der Waals surface area contributed by atoms with E-state index in [1.807, 2.05) is 60.8 Å². The number of thiazole rings is 1. The van der Waals surface area contributed by atoms with Crippen LogP contribution >= 0.6 is 11.3 Å². The third-order valence-electron chi connectivity index (χ3n) is 5.06. The van der Waals surface area contributed by atoms with E-state index in [1.54, 1.807) is 28.4 Å². The molecule has 30 heavy (non-hydrogen) atoms. The SMILES string of the molecule is Cc1nc(COc2ccccc2C=CC(=O)N2CCn3c2nc2ccccc23)cs1. The molecular formula is C23H20N4O2S. The van der Waals surface area contributed by atoms with E-state index in [0.29, 0.717) is 19.1 Å². The molecule has 0 fully saturated rings. The largest absolute Gasteiger partial charge is 0.487 e. The molecule has 5 rings (SSSR count). The highest BCUT2D eigenvalue weighted by Gasteiger charge is 2.26. The molecule has 0 saturated carbocycles. The molecule has 2 aromatic carbocycles. The fourth-order valence-corrected chi connectivity index (χ4v) is 4.22. The van der Waals surface area contributed by atoms with E-state index in [1.165, 1.54) is 0 Å². The van der Waals surface area contributed by atoms with Gasteiger partial charge in [0, 0.05) is 30.1 Å². The van der Waals surface area contributed by atoms with Crippen LogP contribution in [0.25, 0.3) is 17.1 Å². The summed E-state index contributed by atoms with van der Waals surface area (Å²) in [5.74, 6) is 1.34. The number of benzene rings is 2. The van der Waals surface area contributed by atoms with Crippen LogP contribution in [-0.4, -0.2) is 27.0 Å². The van der Waals surface area contributed by atoms with Crippen molar-refractivity contribution in [3.63, 3.8) is 0 Å². The Labute approximate surface area is 178 Å². The third kappa shape index (κ3) is 3.48. The number of nitrogens with zero attached hydrogens (tertiary/aromatic N) is 4. The summed E-state index contributed by atoms with van der Waals surface area (Å²) in [6.07, 6.45) is 3.39. The van der Waals surface area contributed by atoms with E-state index in [-0.39, 0.29) is 5.91 Å². The van der Waals surface area contributed by atoms with E-state index in [9.17, 15) is 4.79 Å². The summed E-state index contributed by atoms with van der Waals surface area (Å²) in [4.78, 5) is 23.7. The second-order valence-electron chi connectivity index (χ2n) is 7.06. The molecule has 4 aromatic rings. The zero-order chi connectivity index (χ0) is 20.5. The highest BCUT2D eigenvalue weighted by Crippen LogP contribution is 2.28. The maximum absolute atomic E-state index is 12.9. The van der Waals surface area contributed by atoms with E-state index >= 15 is 0 Å². The lowest BCUT2D eigenvalue weighted by Gasteiger charge is -2.11. The Balaban J connectivity index is 1.33. The minimum absolute atomic E-state index is 0.0889. The highest BCUT2D eigenvalue weighted by atomic mass is 32.1.